The van der Waals surface area contributed by atoms with E-state index in [-0.39, 0.29) is 0 Å². The lowest BCUT2D eigenvalue weighted by molar-refractivity contribution is 0.240. The van der Waals surface area contributed by atoms with Gasteiger partial charge in [0.05, 0.1) is 12.2 Å². The minimum absolute atomic E-state index is 0.479. The molecule has 138 valence electrons. The molecule has 4 rings (SSSR count). The number of aromatic amines is 1. The molecule has 26 heavy (non-hydrogen) atoms. The standard InChI is InChI=1S/C17H23N7O2/c1-12-16(13(2)25-21-12)17-19-15(22-26-17)11-24-7-3-6-23(8-9-24)10-14-4-5-18-20-14/h4-5H,3,6-11H2,1-2H3,(H,18,20). The largest absolute Gasteiger partial charge is 0.361 e. The molecular weight excluding hydrogens is 334 g/mol. The van der Waals surface area contributed by atoms with Gasteiger partial charge in [0.15, 0.2) is 5.82 Å². The van der Waals surface area contributed by atoms with Gasteiger partial charge in [0, 0.05) is 31.5 Å². The second kappa shape index (κ2) is 7.38. The summed E-state index contributed by atoms with van der Waals surface area (Å²) in [6.45, 7) is 9.40. The normalized spacial score (nSPS) is 16.8. The van der Waals surface area contributed by atoms with Crippen LogP contribution in [0.2, 0.25) is 0 Å². The monoisotopic (exact) mass is 357 g/mol. The van der Waals surface area contributed by atoms with Gasteiger partial charge in [-0.25, -0.2) is 0 Å². The van der Waals surface area contributed by atoms with E-state index in [4.69, 9.17) is 9.05 Å². The van der Waals surface area contributed by atoms with Crippen LogP contribution in [0, 0.1) is 13.8 Å². The van der Waals surface area contributed by atoms with Gasteiger partial charge in [-0.3, -0.25) is 14.9 Å². The van der Waals surface area contributed by atoms with Crippen molar-refractivity contribution in [3.8, 4) is 11.5 Å². The number of aromatic nitrogens is 5. The van der Waals surface area contributed by atoms with Crippen molar-refractivity contribution in [3.05, 3.63) is 35.2 Å². The van der Waals surface area contributed by atoms with Crippen LogP contribution in [0.15, 0.2) is 21.3 Å². The van der Waals surface area contributed by atoms with Crippen LogP contribution in [0.5, 0.6) is 0 Å². The topological polar surface area (TPSA) is 100 Å². The lowest BCUT2D eigenvalue weighted by Crippen LogP contribution is -2.30. The first kappa shape index (κ1) is 16.9. The number of aryl methyl sites for hydroxylation is 2. The minimum atomic E-state index is 0.479. The Balaban J connectivity index is 1.36. The summed E-state index contributed by atoms with van der Waals surface area (Å²) in [4.78, 5) is 9.35. The number of hydrogen-bond acceptors (Lipinski definition) is 8. The summed E-state index contributed by atoms with van der Waals surface area (Å²) >= 11 is 0. The van der Waals surface area contributed by atoms with Crippen molar-refractivity contribution in [1.82, 2.24) is 35.3 Å². The average Bonchev–Trinajstić information content (AvgIpc) is 3.31. The number of hydrogen-bond donors (Lipinski definition) is 1. The number of nitrogens with one attached hydrogen (secondary N) is 1. The Kier molecular flexibility index (Phi) is 4.81. The van der Waals surface area contributed by atoms with Crippen LogP contribution in [-0.4, -0.2) is 61.5 Å². The molecule has 1 aliphatic heterocycles. The Morgan fingerprint density at radius 2 is 1.85 bits per heavy atom. The zero-order valence-electron chi connectivity index (χ0n) is 15.1. The molecule has 1 saturated heterocycles. The molecule has 0 atom stereocenters. The zero-order valence-corrected chi connectivity index (χ0v) is 15.1. The molecule has 0 bridgehead atoms. The van der Waals surface area contributed by atoms with Crippen LogP contribution in [0.1, 0.15) is 29.4 Å². The summed E-state index contributed by atoms with van der Waals surface area (Å²) in [7, 11) is 0. The van der Waals surface area contributed by atoms with Gasteiger partial charge in [-0.05, 0) is 39.4 Å². The van der Waals surface area contributed by atoms with Crippen LogP contribution in [0.3, 0.4) is 0 Å². The van der Waals surface area contributed by atoms with Crippen molar-refractivity contribution in [2.75, 3.05) is 26.2 Å². The van der Waals surface area contributed by atoms with E-state index >= 15 is 0 Å². The van der Waals surface area contributed by atoms with Crippen molar-refractivity contribution < 1.29 is 9.05 Å². The Morgan fingerprint density at radius 1 is 1.04 bits per heavy atom. The Morgan fingerprint density at radius 3 is 2.54 bits per heavy atom. The van der Waals surface area contributed by atoms with E-state index in [1.165, 1.54) is 0 Å². The fraction of sp³-hybridized carbons (Fsp3) is 0.529. The van der Waals surface area contributed by atoms with Gasteiger partial charge in [0.1, 0.15) is 11.3 Å². The molecule has 0 saturated carbocycles. The van der Waals surface area contributed by atoms with Gasteiger partial charge < -0.3 is 9.05 Å². The summed E-state index contributed by atoms with van der Waals surface area (Å²) in [5.74, 6) is 1.87. The predicted octanol–water partition coefficient (Wildman–Crippen LogP) is 1.77. The molecule has 9 nitrogen and oxygen atoms in total. The quantitative estimate of drug-likeness (QED) is 0.737. The Bertz CT molecular complexity index is 820. The van der Waals surface area contributed by atoms with Gasteiger partial charge in [-0.2, -0.15) is 10.1 Å². The van der Waals surface area contributed by atoms with Gasteiger partial charge >= 0.3 is 0 Å². The van der Waals surface area contributed by atoms with Gasteiger partial charge in [-0.1, -0.05) is 10.3 Å². The molecular formula is C17H23N7O2. The van der Waals surface area contributed by atoms with Crippen molar-refractivity contribution >= 4 is 0 Å². The first-order valence-corrected chi connectivity index (χ1v) is 8.88. The predicted molar refractivity (Wildman–Crippen MR) is 93.0 cm³/mol. The third-order valence-corrected chi connectivity index (χ3v) is 4.71. The Labute approximate surface area is 151 Å². The molecule has 4 heterocycles. The summed E-state index contributed by atoms with van der Waals surface area (Å²) in [5, 5.41) is 15.1. The third kappa shape index (κ3) is 3.68. The lowest BCUT2D eigenvalue weighted by Gasteiger charge is -2.20. The number of H-pyrrole nitrogens is 1. The van der Waals surface area contributed by atoms with E-state index in [0.29, 0.717) is 24.0 Å². The maximum absolute atomic E-state index is 5.43. The molecule has 0 aromatic carbocycles. The summed E-state index contributed by atoms with van der Waals surface area (Å²) < 4.78 is 10.6. The van der Waals surface area contributed by atoms with Crippen molar-refractivity contribution in [2.45, 2.75) is 33.4 Å². The van der Waals surface area contributed by atoms with Crippen molar-refractivity contribution in [1.29, 1.82) is 0 Å². The maximum atomic E-state index is 5.43. The highest BCUT2D eigenvalue weighted by Crippen LogP contribution is 2.25. The van der Waals surface area contributed by atoms with Crippen LogP contribution in [-0.2, 0) is 13.1 Å². The molecule has 0 spiro atoms. The summed E-state index contributed by atoms with van der Waals surface area (Å²) in [5.41, 5.74) is 2.72. The molecule has 3 aromatic rings. The van der Waals surface area contributed by atoms with Crippen molar-refractivity contribution in [3.63, 3.8) is 0 Å². The smallest absolute Gasteiger partial charge is 0.263 e. The highest BCUT2D eigenvalue weighted by atomic mass is 16.5. The zero-order chi connectivity index (χ0) is 17.9. The fourth-order valence-electron chi connectivity index (χ4n) is 3.36. The summed E-state index contributed by atoms with van der Waals surface area (Å²) in [6, 6.07) is 2.03. The van der Waals surface area contributed by atoms with Crippen LogP contribution < -0.4 is 0 Å². The lowest BCUT2D eigenvalue weighted by atomic mass is 10.2. The van der Waals surface area contributed by atoms with Crippen LogP contribution in [0.25, 0.3) is 11.5 Å². The SMILES string of the molecule is Cc1noc(C)c1-c1nc(CN2CCCN(Cc3ccn[nH]3)CC2)no1. The van der Waals surface area contributed by atoms with Crippen molar-refractivity contribution in [2.24, 2.45) is 0 Å². The van der Waals surface area contributed by atoms with E-state index in [1.54, 1.807) is 6.20 Å². The molecule has 9 heteroatoms. The fourth-order valence-corrected chi connectivity index (χ4v) is 3.36. The molecule has 1 N–H and O–H groups in total. The van der Waals surface area contributed by atoms with Gasteiger partial charge in [0.2, 0.25) is 0 Å². The van der Waals surface area contributed by atoms with E-state index in [9.17, 15) is 0 Å². The van der Waals surface area contributed by atoms with E-state index in [2.05, 4.69) is 35.3 Å². The second-order valence-electron chi connectivity index (χ2n) is 6.70. The first-order valence-electron chi connectivity index (χ1n) is 8.88. The minimum Gasteiger partial charge on any atom is -0.361 e. The highest BCUT2D eigenvalue weighted by Gasteiger charge is 2.21. The van der Waals surface area contributed by atoms with Crippen LogP contribution >= 0.6 is 0 Å². The van der Waals surface area contributed by atoms with Gasteiger partial charge in [0.25, 0.3) is 5.89 Å². The highest BCUT2D eigenvalue weighted by molar-refractivity contribution is 5.57. The molecule has 0 amide bonds. The molecule has 1 aliphatic rings. The van der Waals surface area contributed by atoms with Crippen LogP contribution in [0.4, 0.5) is 0 Å². The first-order chi connectivity index (χ1) is 12.7. The molecule has 0 aliphatic carbocycles. The summed E-state index contributed by atoms with van der Waals surface area (Å²) in [6.07, 6.45) is 2.91. The Hall–Kier alpha value is -2.52. The third-order valence-electron chi connectivity index (χ3n) is 4.71. The molecule has 0 radical (unpaired) electrons. The maximum Gasteiger partial charge on any atom is 0.263 e. The van der Waals surface area contributed by atoms with Gasteiger partial charge in [-0.15, -0.1) is 0 Å². The molecule has 3 aromatic heterocycles. The van der Waals surface area contributed by atoms with E-state index < -0.39 is 0 Å². The van der Waals surface area contributed by atoms with E-state index in [1.807, 2.05) is 19.9 Å². The van der Waals surface area contributed by atoms with E-state index in [0.717, 1.165) is 56.1 Å². The molecule has 0 unspecified atom stereocenters. The average molecular weight is 357 g/mol. The second-order valence-corrected chi connectivity index (χ2v) is 6.70. The number of nitrogens with zero attached hydrogens (tertiary/aromatic N) is 6. The number of rotatable bonds is 5. The molecule has 1 fully saturated rings.